The third-order valence-corrected chi connectivity index (χ3v) is 3.42. The van der Waals surface area contributed by atoms with Crippen molar-refractivity contribution < 1.29 is 9.47 Å². The fraction of sp³-hybridized carbons (Fsp3) is 0.538. The lowest BCUT2D eigenvalue weighted by atomic mass is 10.1. The van der Waals surface area contributed by atoms with Crippen molar-refractivity contribution >= 4 is 23.2 Å². The molecule has 1 N–H and O–H groups in total. The Morgan fingerprint density at radius 1 is 1.39 bits per heavy atom. The molecule has 0 bridgehead atoms. The molecule has 0 spiro atoms. The van der Waals surface area contributed by atoms with E-state index in [1.165, 1.54) is 0 Å². The van der Waals surface area contributed by atoms with E-state index in [2.05, 4.69) is 5.32 Å². The number of hydrogen-bond acceptors (Lipinski definition) is 3. The lowest BCUT2D eigenvalue weighted by molar-refractivity contribution is 0.185. The number of benzene rings is 1. The summed E-state index contributed by atoms with van der Waals surface area (Å²) in [5.74, 6) is 1.32. The number of rotatable bonds is 6. The van der Waals surface area contributed by atoms with Crippen molar-refractivity contribution in [2.45, 2.75) is 6.42 Å². The van der Waals surface area contributed by atoms with Gasteiger partial charge in [-0.3, -0.25) is 0 Å². The van der Waals surface area contributed by atoms with Gasteiger partial charge in [0.1, 0.15) is 12.4 Å². The van der Waals surface area contributed by atoms with Crippen LogP contribution in [0.2, 0.25) is 10.0 Å². The summed E-state index contributed by atoms with van der Waals surface area (Å²) in [4.78, 5) is 0. The average molecular weight is 290 g/mol. The van der Waals surface area contributed by atoms with E-state index in [1.807, 2.05) is 0 Å². The summed E-state index contributed by atoms with van der Waals surface area (Å²) in [5, 5.41) is 4.52. The van der Waals surface area contributed by atoms with E-state index in [1.54, 1.807) is 18.2 Å². The molecule has 1 aromatic carbocycles. The highest BCUT2D eigenvalue weighted by molar-refractivity contribution is 6.35. The smallest absolute Gasteiger partial charge is 0.138 e. The minimum absolute atomic E-state index is 0.548. The third kappa shape index (κ3) is 4.32. The van der Waals surface area contributed by atoms with E-state index in [4.69, 9.17) is 32.7 Å². The Morgan fingerprint density at radius 3 is 3.00 bits per heavy atom. The maximum absolute atomic E-state index is 6.00. The van der Waals surface area contributed by atoms with Crippen molar-refractivity contribution in [3.05, 3.63) is 28.2 Å². The molecule has 18 heavy (non-hydrogen) atoms. The Labute approximate surface area is 117 Å². The first-order chi connectivity index (χ1) is 8.75. The van der Waals surface area contributed by atoms with Gasteiger partial charge < -0.3 is 14.8 Å². The van der Waals surface area contributed by atoms with Gasteiger partial charge in [-0.15, -0.1) is 0 Å². The van der Waals surface area contributed by atoms with Gasteiger partial charge in [-0.2, -0.15) is 0 Å². The molecular formula is C13H17Cl2NO2. The maximum Gasteiger partial charge on any atom is 0.138 e. The van der Waals surface area contributed by atoms with Crippen molar-refractivity contribution in [1.82, 2.24) is 5.32 Å². The van der Waals surface area contributed by atoms with Crippen molar-refractivity contribution in [2.75, 3.05) is 32.9 Å². The molecule has 1 atom stereocenters. The predicted octanol–water partition coefficient (Wildman–Crippen LogP) is 3.00. The Balaban J connectivity index is 1.62. The minimum Gasteiger partial charge on any atom is -0.491 e. The number of halogens is 2. The molecule has 1 saturated heterocycles. The summed E-state index contributed by atoms with van der Waals surface area (Å²) >= 11 is 11.8. The highest BCUT2D eigenvalue weighted by Gasteiger charge is 2.14. The summed E-state index contributed by atoms with van der Waals surface area (Å²) in [5.41, 5.74) is 0. The molecule has 0 amide bonds. The van der Waals surface area contributed by atoms with Crippen LogP contribution in [0.1, 0.15) is 6.42 Å². The van der Waals surface area contributed by atoms with Crippen molar-refractivity contribution in [3.8, 4) is 5.75 Å². The second-order valence-electron chi connectivity index (χ2n) is 4.36. The van der Waals surface area contributed by atoms with Crippen LogP contribution in [0.4, 0.5) is 0 Å². The zero-order valence-corrected chi connectivity index (χ0v) is 11.6. The summed E-state index contributed by atoms with van der Waals surface area (Å²) in [7, 11) is 0. The molecule has 100 valence electrons. The fourth-order valence-corrected chi connectivity index (χ4v) is 2.34. The van der Waals surface area contributed by atoms with Crippen molar-refractivity contribution in [1.29, 1.82) is 0 Å². The Hall–Kier alpha value is -0.480. The van der Waals surface area contributed by atoms with E-state index in [0.717, 1.165) is 32.7 Å². The second-order valence-corrected chi connectivity index (χ2v) is 5.20. The van der Waals surface area contributed by atoms with E-state index in [9.17, 15) is 0 Å². The highest BCUT2D eigenvalue weighted by Crippen LogP contribution is 2.27. The lowest BCUT2D eigenvalue weighted by Gasteiger charge is -2.11. The summed E-state index contributed by atoms with van der Waals surface area (Å²) < 4.78 is 10.9. The molecule has 2 rings (SSSR count). The van der Waals surface area contributed by atoms with Gasteiger partial charge in [-0.1, -0.05) is 23.2 Å². The lowest BCUT2D eigenvalue weighted by Crippen LogP contribution is -2.27. The maximum atomic E-state index is 6.00. The van der Waals surface area contributed by atoms with E-state index in [-0.39, 0.29) is 0 Å². The third-order valence-electron chi connectivity index (χ3n) is 2.89. The Morgan fingerprint density at radius 2 is 2.28 bits per heavy atom. The molecular weight excluding hydrogens is 273 g/mol. The van der Waals surface area contributed by atoms with Gasteiger partial charge in [0.25, 0.3) is 0 Å². The molecule has 1 aromatic rings. The molecule has 0 aromatic heterocycles. The monoisotopic (exact) mass is 289 g/mol. The quantitative estimate of drug-likeness (QED) is 0.817. The normalized spacial score (nSPS) is 19.1. The van der Waals surface area contributed by atoms with Gasteiger partial charge in [0.05, 0.1) is 11.6 Å². The van der Waals surface area contributed by atoms with Crippen molar-refractivity contribution in [2.24, 2.45) is 5.92 Å². The summed E-state index contributed by atoms with van der Waals surface area (Å²) in [6.45, 7) is 4.14. The molecule has 1 fully saturated rings. The molecule has 5 heteroatoms. The molecule has 0 aliphatic carbocycles. The standard InChI is InChI=1S/C13H17Cl2NO2/c14-11-1-2-13(12(15)7-11)18-6-4-16-8-10-3-5-17-9-10/h1-2,7,10,16H,3-6,8-9H2. The topological polar surface area (TPSA) is 30.5 Å². The SMILES string of the molecule is Clc1ccc(OCCNCC2CCOC2)c(Cl)c1. The van der Waals surface area contributed by atoms with Crippen LogP contribution in [0.3, 0.4) is 0 Å². The van der Waals surface area contributed by atoms with Crippen LogP contribution in [0.15, 0.2) is 18.2 Å². The van der Waals surface area contributed by atoms with Crippen LogP contribution >= 0.6 is 23.2 Å². The van der Waals surface area contributed by atoms with Gasteiger partial charge in [-0.05, 0) is 30.5 Å². The van der Waals surface area contributed by atoms with Gasteiger partial charge in [0.2, 0.25) is 0 Å². The Bertz CT molecular complexity index is 381. The van der Waals surface area contributed by atoms with Gasteiger partial charge in [0, 0.05) is 24.7 Å². The molecule has 3 nitrogen and oxygen atoms in total. The molecule has 1 aliphatic heterocycles. The number of nitrogens with one attached hydrogen (secondary N) is 1. The first-order valence-corrected chi connectivity index (χ1v) is 6.87. The van der Waals surface area contributed by atoms with E-state index >= 15 is 0 Å². The first-order valence-electron chi connectivity index (χ1n) is 6.12. The Kier molecular flexibility index (Phi) is 5.57. The van der Waals surface area contributed by atoms with Crippen molar-refractivity contribution in [3.63, 3.8) is 0 Å². The first kappa shape index (κ1) is 13.9. The van der Waals surface area contributed by atoms with Gasteiger partial charge in [0.15, 0.2) is 0 Å². The summed E-state index contributed by atoms with van der Waals surface area (Å²) in [6.07, 6.45) is 1.15. The van der Waals surface area contributed by atoms with Crippen LogP contribution in [0.5, 0.6) is 5.75 Å². The largest absolute Gasteiger partial charge is 0.491 e. The molecule has 1 unspecified atom stereocenters. The average Bonchev–Trinajstić information content (AvgIpc) is 2.84. The van der Waals surface area contributed by atoms with Crippen LogP contribution in [0, 0.1) is 5.92 Å². The predicted molar refractivity (Wildman–Crippen MR) is 73.8 cm³/mol. The highest BCUT2D eigenvalue weighted by atomic mass is 35.5. The molecule has 1 heterocycles. The molecule has 0 radical (unpaired) electrons. The van der Waals surface area contributed by atoms with Gasteiger partial charge in [-0.25, -0.2) is 0 Å². The van der Waals surface area contributed by atoms with Crippen LogP contribution < -0.4 is 10.1 Å². The minimum atomic E-state index is 0.548. The van der Waals surface area contributed by atoms with E-state index in [0.29, 0.717) is 28.3 Å². The number of ether oxygens (including phenoxy) is 2. The van der Waals surface area contributed by atoms with Gasteiger partial charge >= 0.3 is 0 Å². The molecule has 0 saturated carbocycles. The van der Waals surface area contributed by atoms with E-state index < -0.39 is 0 Å². The zero-order valence-electron chi connectivity index (χ0n) is 10.1. The molecule has 1 aliphatic rings. The summed E-state index contributed by atoms with van der Waals surface area (Å²) in [6, 6.07) is 5.24. The fourth-order valence-electron chi connectivity index (χ4n) is 1.88. The van der Waals surface area contributed by atoms with Crippen LogP contribution in [0.25, 0.3) is 0 Å². The van der Waals surface area contributed by atoms with Crippen LogP contribution in [-0.4, -0.2) is 32.9 Å². The second kappa shape index (κ2) is 7.19. The number of hydrogen-bond donors (Lipinski definition) is 1. The zero-order chi connectivity index (χ0) is 12.8. The van der Waals surface area contributed by atoms with Crippen LogP contribution in [-0.2, 0) is 4.74 Å².